The van der Waals surface area contributed by atoms with E-state index in [1.807, 2.05) is 4.57 Å². The van der Waals surface area contributed by atoms with Gasteiger partial charge >= 0.3 is 0 Å². The number of carbonyl (C=O) groups excluding carboxylic acids is 1. The number of hydrogen-bond acceptors (Lipinski definition) is 7. The summed E-state index contributed by atoms with van der Waals surface area (Å²) in [5.74, 6) is -2.07. The lowest BCUT2D eigenvalue weighted by atomic mass is 9.85. The van der Waals surface area contributed by atoms with E-state index in [0.29, 0.717) is 49.2 Å². The number of aromatic nitrogens is 4. The summed E-state index contributed by atoms with van der Waals surface area (Å²) in [5, 5.41) is 15.9. The number of aliphatic hydroxyl groups excluding tert-OH is 1. The van der Waals surface area contributed by atoms with Crippen molar-refractivity contribution in [2.45, 2.75) is 69.6 Å². The number of benzene rings is 1. The van der Waals surface area contributed by atoms with Gasteiger partial charge in [0.05, 0.1) is 23.0 Å². The molecule has 2 unspecified atom stereocenters. The van der Waals surface area contributed by atoms with Gasteiger partial charge < -0.3 is 21.5 Å². The fourth-order valence-corrected chi connectivity index (χ4v) is 5.38. The summed E-state index contributed by atoms with van der Waals surface area (Å²) < 4.78 is 30.6. The van der Waals surface area contributed by atoms with Crippen molar-refractivity contribution in [3.63, 3.8) is 0 Å². The van der Waals surface area contributed by atoms with Crippen LogP contribution in [0, 0.1) is 17.6 Å². The van der Waals surface area contributed by atoms with Gasteiger partial charge in [0.2, 0.25) is 17.8 Å². The van der Waals surface area contributed by atoms with E-state index >= 15 is 0 Å². The molecular weight excluding hydrogens is 492 g/mol. The molecule has 2 saturated carbocycles. The number of amides is 1. The van der Waals surface area contributed by atoms with Gasteiger partial charge in [-0.2, -0.15) is 4.98 Å². The molecule has 5 rings (SSSR count). The Morgan fingerprint density at radius 1 is 1.11 bits per heavy atom. The first-order valence-electron chi connectivity index (χ1n) is 12.2. The smallest absolute Gasteiger partial charge is 0.224 e. The number of halogens is 3. The Labute approximate surface area is 211 Å². The van der Waals surface area contributed by atoms with Crippen LogP contribution in [0.1, 0.15) is 57.4 Å². The van der Waals surface area contributed by atoms with Crippen LogP contribution in [0.5, 0.6) is 0 Å². The molecule has 0 saturated heterocycles. The van der Waals surface area contributed by atoms with E-state index in [1.54, 1.807) is 6.20 Å². The quantitative estimate of drug-likeness (QED) is 0.354. The molecule has 9 nitrogen and oxygen atoms in total. The van der Waals surface area contributed by atoms with Crippen molar-refractivity contribution in [2.24, 2.45) is 11.7 Å². The molecule has 2 aromatic heterocycles. The zero-order valence-electron chi connectivity index (χ0n) is 19.6. The second-order valence-electron chi connectivity index (χ2n) is 9.63. The number of rotatable bonds is 6. The second kappa shape index (κ2) is 10.1. The van der Waals surface area contributed by atoms with E-state index in [4.69, 9.17) is 22.3 Å². The van der Waals surface area contributed by atoms with Crippen LogP contribution in [0.15, 0.2) is 18.3 Å². The first-order valence-corrected chi connectivity index (χ1v) is 12.6. The van der Waals surface area contributed by atoms with Crippen LogP contribution >= 0.6 is 11.6 Å². The van der Waals surface area contributed by atoms with Gasteiger partial charge in [0.15, 0.2) is 17.3 Å². The number of nitrogens with one attached hydrogen (secondary N) is 2. The minimum atomic E-state index is -1.15. The molecule has 2 atom stereocenters. The summed E-state index contributed by atoms with van der Waals surface area (Å²) in [6.45, 7) is 0. The van der Waals surface area contributed by atoms with E-state index < -0.39 is 11.6 Å². The number of carbonyl (C=O) groups is 1. The number of anilines is 3. The molecule has 0 radical (unpaired) electrons. The highest BCUT2D eigenvalue weighted by Gasteiger charge is 2.30. The lowest BCUT2D eigenvalue weighted by molar-refractivity contribution is -0.122. The van der Waals surface area contributed by atoms with Gasteiger partial charge in [0.25, 0.3) is 0 Å². The predicted molar refractivity (Wildman–Crippen MR) is 132 cm³/mol. The minimum Gasteiger partial charge on any atom is -0.393 e. The maximum Gasteiger partial charge on any atom is 0.224 e. The van der Waals surface area contributed by atoms with Crippen LogP contribution in [0.4, 0.5) is 26.4 Å². The minimum absolute atomic E-state index is 0.0531. The van der Waals surface area contributed by atoms with Gasteiger partial charge in [-0.1, -0.05) is 11.6 Å². The standard InChI is InChI=1S/C24H28ClF2N7O2/c25-16-8-9-17(20(27)19(16)26)31-24-32-18-11-29-23(30-13-2-1-3-15(35)10-13)33-22(18)34(24)14-6-4-12(5-7-14)21(28)36/h8-9,11-15,35H,1-7,10H2,(H2,28,36)(H,31,32)(H,29,30,33). The fraction of sp³-hybridized carbons (Fsp3) is 0.500. The first kappa shape index (κ1) is 24.6. The van der Waals surface area contributed by atoms with Crippen molar-refractivity contribution in [3.05, 3.63) is 35.0 Å². The van der Waals surface area contributed by atoms with Crippen LogP contribution in [-0.4, -0.2) is 42.7 Å². The van der Waals surface area contributed by atoms with E-state index in [9.17, 15) is 18.7 Å². The third-order valence-corrected chi connectivity index (χ3v) is 7.45. The highest BCUT2D eigenvalue weighted by atomic mass is 35.5. The van der Waals surface area contributed by atoms with E-state index in [0.717, 1.165) is 19.3 Å². The molecule has 2 fully saturated rings. The Morgan fingerprint density at radius 2 is 1.89 bits per heavy atom. The fourth-order valence-electron chi connectivity index (χ4n) is 5.23. The molecular formula is C24H28ClF2N7O2. The van der Waals surface area contributed by atoms with E-state index in [2.05, 4.69) is 20.6 Å². The molecule has 2 aliphatic carbocycles. The topological polar surface area (TPSA) is 131 Å². The number of nitrogens with two attached hydrogens (primary N) is 1. The predicted octanol–water partition coefficient (Wildman–Crippen LogP) is 4.43. The van der Waals surface area contributed by atoms with Crippen LogP contribution < -0.4 is 16.4 Å². The molecule has 1 aromatic carbocycles. The number of hydrogen-bond donors (Lipinski definition) is 4. The molecule has 36 heavy (non-hydrogen) atoms. The third kappa shape index (κ3) is 4.94. The number of fused-ring (bicyclic) bond motifs is 1. The maximum absolute atomic E-state index is 14.6. The molecule has 3 aromatic rings. The zero-order valence-corrected chi connectivity index (χ0v) is 20.3. The van der Waals surface area contributed by atoms with Gasteiger partial charge in [-0.3, -0.25) is 9.36 Å². The van der Waals surface area contributed by atoms with Crippen molar-refractivity contribution in [1.29, 1.82) is 0 Å². The highest BCUT2D eigenvalue weighted by Crippen LogP contribution is 2.37. The summed E-state index contributed by atoms with van der Waals surface area (Å²) in [7, 11) is 0. The van der Waals surface area contributed by atoms with Gasteiger partial charge in [0, 0.05) is 18.0 Å². The number of imidazole rings is 1. The maximum atomic E-state index is 14.6. The van der Waals surface area contributed by atoms with Gasteiger partial charge in [-0.05, 0) is 63.5 Å². The van der Waals surface area contributed by atoms with Gasteiger partial charge in [-0.15, -0.1) is 0 Å². The Kier molecular flexibility index (Phi) is 6.94. The summed E-state index contributed by atoms with van der Waals surface area (Å²) >= 11 is 5.71. The molecule has 0 aliphatic heterocycles. The van der Waals surface area contributed by atoms with E-state index in [1.165, 1.54) is 12.1 Å². The molecule has 2 heterocycles. The lowest BCUT2D eigenvalue weighted by Gasteiger charge is -2.29. The monoisotopic (exact) mass is 519 g/mol. The first-order chi connectivity index (χ1) is 17.3. The number of primary amides is 1. The van der Waals surface area contributed by atoms with Crippen LogP contribution in [0.25, 0.3) is 11.2 Å². The molecule has 192 valence electrons. The third-order valence-electron chi connectivity index (χ3n) is 7.16. The largest absolute Gasteiger partial charge is 0.393 e. The molecule has 2 aliphatic rings. The number of aliphatic hydroxyl groups is 1. The Bertz CT molecular complexity index is 1280. The zero-order chi connectivity index (χ0) is 25.4. The summed E-state index contributed by atoms with van der Waals surface area (Å²) in [6, 6.07) is 2.58. The van der Waals surface area contributed by atoms with Crippen molar-refractivity contribution in [1.82, 2.24) is 19.5 Å². The molecule has 12 heteroatoms. The normalized spacial score (nSPS) is 24.6. The molecule has 0 spiro atoms. The summed E-state index contributed by atoms with van der Waals surface area (Å²) in [4.78, 5) is 25.4. The van der Waals surface area contributed by atoms with Crippen molar-refractivity contribution < 1.29 is 18.7 Å². The SMILES string of the molecule is NC(=O)C1CCC(n2c(Nc3ccc(Cl)c(F)c3F)nc3cnc(NC4CCCC(O)C4)nc32)CC1. The summed E-state index contributed by atoms with van der Waals surface area (Å²) in [5.41, 5.74) is 6.42. The highest BCUT2D eigenvalue weighted by molar-refractivity contribution is 6.30. The van der Waals surface area contributed by atoms with Crippen LogP contribution in [0.3, 0.4) is 0 Å². The van der Waals surface area contributed by atoms with Crippen molar-refractivity contribution in [3.8, 4) is 0 Å². The van der Waals surface area contributed by atoms with Crippen molar-refractivity contribution >= 4 is 46.3 Å². The molecule has 0 bridgehead atoms. The Morgan fingerprint density at radius 3 is 2.61 bits per heavy atom. The number of nitrogens with zero attached hydrogens (tertiary/aromatic N) is 4. The second-order valence-corrected chi connectivity index (χ2v) is 10.0. The van der Waals surface area contributed by atoms with Gasteiger partial charge in [0.1, 0.15) is 5.52 Å². The van der Waals surface area contributed by atoms with E-state index in [-0.39, 0.29) is 46.7 Å². The lowest BCUT2D eigenvalue weighted by Crippen LogP contribution is -2.30. The average Bonchev–Trinajstić information content (AvgIpc) is 3.21. The van der Waals surface area contributed by atoms with Crippen molar-refractivity contribution in [2.75, 3.05) is 10.6 Å². The molecule has 1 amide bonds. The van der Waals surface area contributed by atoms with Crippen LogP contribution in [0.2, 0.25) is 5.02 Å². The molecule has 5 N–H and O–H groups in total. The average molecular weight is 520 g/mol. The van der Waals surface area contributed by atoms with Gasteiger partial charge in [-0.25, -0.2) is 18.7 Å². The summed E-state index contributed by atoms with van der Waals surface area (Å²) in [6.07, 6.45) is 6.97. The van der Waals surface area contributed by atoms with Crippen LogP contribution in [-0.2, 0) is 4.79 Å². The Hall–Kier alpha value is -3.05. The Balaban J connectivity index is 1.51.